The molecule has 0 aromatic heterocycles. The van der Waals surface area contributed by atoms with Gasteiger partial charge in [0.2, 0.25) is 0 Å². The van der Waals surface area contributed by atoms with Gasteiger partial charge in [0.05, 0.1) is 11.6 Å². The maximum absolute atomic E-state index is 6.25. The zero-order valence-electron chi connectivity index (χ0n) is 12.4. The van der Waals surface area contributed by atoms with Crippen molar-refractivity contribution in [1.29, 1.82) is 0 Å². The summed E-state index contributed by atoms with van der Waals surface area (Å²) in [4.78, 5) is 0. The van der Waals surface area contributed by atoms with E-state index >= 15 is 0 Å². The van der Waals surface area contributed by atoms with Gasteiger partial charge in [-0.2, -0.15) is 0 Å². The highest BCUT2D eigenvalue weighted by Crippen LogP contribution is 2.45. The number of rotatable bonds is 5. The molecule has 2 rings (SSSR count). The summed E-state index contributed by atoms with van der Waals surface area (Å²) in [7, 11) is 1.72. The highest BCUT2D eigenvalue weighted by Gasteiger charge is 2.33. The molecule has 4 heteroatoms. The normalized spacial score (nSPS) is 23.9. The molecule has 20 heavy (non-hydrogen) atoms. The zero-order chi connectivity index (χ0) is 14.7. The lowest BCUT2D eigenvalue weighted by molar-refractivity contribution is 0.295. The molecule has 2 nitrogen and oxygen atoms in total. The monoisotopic (exact) mass is 359 g/mol. The van der Waals surface area contributed by atoms with Crippen LogP contribution in [0.25, 0.3) is 0 Å². The Hall–Kier alpha value is -0.250. The lowest BCUT2D eigenvalue weighted by Gasteiger charge is -2.30. The van der Waals surface area contributed by atoms with Gasteiger partial charge in [0.1, 0.15) is 5.75 Å². The van der Waals surface area contributed by atoms with Crippen molar-refractivity contribution in [2.24, 2.45) is 11.8 Å². The fraction of sp³-hybridized carbons (Fsp3) is 0.625. The topological polar surface area (TPSA) is 21.3 Å². The van der Waals surface area contributed by atoms with Gasteiger partial charge in [0.15, 0.2) is 0 Å². The van der Waals surface area contributed by atoms with Crippen LogP contribution in [0.2, 0.25) is 5.02 Å². The van der Waals surface area contributed by atoms with Crippen molar-refractivity contribution < 1.29 is 4.74 Å². The molecule has 0 aliphatic heterocycles. The highest BCUT2D eigenvalue weighted by atomic mass is 79.9. The van der Waals surface area contributed by atoms with Gasteiger partial charge >= 0.3 is 0 Å². The molecule has 1 N–H and O–H groups in total. The van der Waals surface area contributed by atoms with Gasteiger partial charge in [-0.25, -0.2) is 0 Å². The van der Waals surface area contributed by atoms with Crippen LogP contribution in [0.3, 0.4) is 0 Å². The van der Waals surface area contributed by atoms with Crippen LogP contribution in [0.5, 0.6) is 5.75 Å². The zero-order valence-corrected chi connectivity index (χ0v) is 14.7. The molecule has 0 bridgehead atoms. The molecule has 1 aliphatic carbocycles. The number of methoxy groups -OCH3 is 1. The molecular formula is C16H23BrClNO. The van der Waals surface area contributed by atoms with Gasteiger partial charge in [-0.05, 0) is 52.9 Å². The Balaban J connectivity index is 2.43. The van der Waals surface area contributed by atoms with E-state index in [2.05, 4.69) is 35.1 Å². The minimum atomic E-state index is 0.308. The third-order valence-corrected chi connectivity index (χ3v) is 5.16. The minimum absolute atomic E-state index is 0.308. The average molecular weight is 361 g/mol. The summed E-state index contributed by atoms with van der Waals surface area (Å²) in [6, 6.07) is 4.25. The predicted molar refractivity (Wildman–Crippen MR) is 88.6 cm³/mol. The van der Waals surface area contributed by atoms with Gasteiger partial charge in [0.25, 0.3) is 0 Å². The Bertz CT molecular complexity index is 466. The first-order valence-corrected chi connectivity index (χ1v) is 8.51. The summed E-state index contributed by atoms with van der Waals surface area (Å²) >= 11 is 9.82. The molecule has 0 amide bonds. The van der Waals surface area contributed by atoms with Crippen LogP contribution in [-0.4, -0.2) is 13.7 Å². The first-order valence-electron chi connectivity index (χ1n) is 7.34. The molecule has 0 radical (unpaired) electrons. The van der Waals surface area contributed by atoms with E-state index in [0.29, 0.717) is 12.0 Å². The van der Waals surface area contributed by atoms with Gasteiger partial charge in [-0.1, -0.05) is 38.3 Å². The summed E-state index contributed by atoms with van der Waals surface area (Å²) in [6.07, 6.45) is 3.90. The van der Waals surface area contributed by atoms with E-state index in [1.807, 2.05) is 12.1 Å². The van der Waals surface area contributed by atoms with E-state index in [4.69, 9.17) is 16.3 Å². The van der Waals surface area contributed by atoms with Crippen LogP contribution in [0.4, 0.5) is 0 Å². The number of nitrogens with one attached hydrogen (secondary N) is 1. The van der Waals surface area contributed by atoms with Crippen molar-refractivity contribution in [3.63, 3.8) is 0 Å². The summed E-state index contributed by atoms with van der Waals surface area (Å²) in [5.41, 5.74) is 1.17. The first kappa shape index (κ1) is 16.1. The van der Waals surface area contributed by atoms with Gasteiger partial charge in [-0.15, -0.1) is 0 Å². The number of ether oxygens (including phenoxy) is 1. The van der Waals surface area contributed by atoms with Crippen molar-refractivity contribution in [2.75, 3.05) is 13.7 Å². The fourth-order valence-corrected chi connectivity index (χ4v) is 4.40. The van der Waals surface area contributed by atoms with Gasteiger partial charge in [0, 0.05) is 16.6 Å². The summed E-state index contributed by atoms with van der Waals surface area (Å²) in [6.45, 7) is 5.45. The Labute approximate surface area is 135 Å². The SMILES string of the molecule is CCNC(c1cc(Cl)cc(Br)c1OC)C1CCCC1C. The Kier molecular flexibility index (Phi) is 5.76. The molecule has 3 unspecified atom stereocenters. The maximum atomic E-state index is 6.25. The smallest absolute Gasteiger partial charge is 0.137 e. The first-order chi connectivity index (χ1) is 9.58. The second-order valence-electron chi connectivity index (χ2n) is 5.62. The second-order valence-corrected chi connectivity index (χ2v) is 6.91. The number of halogens is 2. The molecular weight excluding hydrogens is 338 g/mol. The predicted octanol–water partition coefficient (Wildman–Crippen LogP) is 5.20. The molecule has 3 atom stereocenters. The van der Waals surface area contributed by atoms with E-state index in [1.54, 1.807) is 7.11 Å². The summed E-state index contributed by atoms with van der Waals surface area (Å²) in [5.74, 6) is 2.29. The molecule has 1 aliphatic rings. The van der Waals surface area contributed by atoms with E-state index in [1.165, 1.54) is 24.8 Å². The molecule has 0 spiro atoms. The molecule has 1 aromatic rings. The molecule has 112 valence electrons. The molecule has 1 fully saturated rings. The fourth-order valence-electron chi connectivity index (χ4n) is 3.41. The largest absolute Gasteiger partial charge is 0.495 e. The van der Waals surface area contributed by atoms with Gasteiger partial charge in [-0.3, -0.25) is 0 Å². The molecule has 0 saturated heterocycles. The standard InChI is InChI=1S/C16H23BrClNO/c1-4-19-15(12-7-5-6-10(12)2)13-8-11(18)9-14(17)16(13)20-3/h8-10,12,15,19H,4-7H2,1-3H3. The van der Waals surface area contributed by atoms with Crippen LogP contribution in [-0.2, 0) is 0 Å². The Morgan fingerprint density at radius 1 is 1.45 bits per heavy atom. The van der Waals surface area contributed by atoms with E-state index < -0.39 is 0 Å². The minimum Gasteiger partial charge on any atom is -0.495 e. The lowest BCUT2D eigenvalue weighted by atomic mass is 9.85. The van der Waals surface area contributed by atoms with Crippen molar-refractivity contribution in [1.82, 2.24) is 5.32 Å². The third-order valence-electron chi connectivity index (χ3n) is 4.36. The van der Waals surface area contributed by atoms with Crippen LogP contribution in [0.1, 0.15) is 44.7 Å². The summed E-state index contributed by atoms with van der Waals surface area (Å²) < 4.78 is 6.53. The molecule has 1 aromatic carbocycles. The lowest BCUT2D eigenvalue weighted by Crippen LogP contribution is -2.30. The second kappa shape index (κ2) is 7.15. The van der Waals surface area contributed by atoms with Crippen molar-refractivity contribution >= 4 is 27.5 Å². The number of benzene rings is 1. The highest BCUT2D eigenvalue weighted by molar-refractivity contribution is 9.10. The molecule has 0 heterocycles. The summed E-state index contributed by atoms with van der Waals surface area (Å²) in [5, 5.41) is 4.39. The number of hydrogen-bond donors (Lipinski definition) is 1. The number of hydrogen-bond acceptors (Lipinski definition) is 2. The van der Waals surface area contributed by atoms with Crippen molar-refractivity contribution in [2.45, 2.75) is 39.2 Å². The Morgan fingerprint density at radius 3 is 2.75 bits per heavy atom. The van der Waals surface area contributed by atoms with Gasteiger partial charge < -0.3 is 10.1 Å². The van der Waals surface area contributed by atoms with Crippen LogP contribution in [0, 0.1) is 11.8 Å². The molecule has 1 saturated carbocycles. The third kappa shape index (κ3) is 3.32. The van der Waals surface area contributed by atoms with Crippen molar-refractivity contribution in [3.05, 3.63) is 27.2 Å². The van der Waals surface area contributed by atoms with Crippen molar-refractivity contribution in [3.8, 4) is 5.75 Å². The van der Waals surface area contributed by atoms with E-state index in [9.17, 15) is 0 Å². The van der Waals surface area contributed by atoms with E-state index in [0.717, 1.165) is 27.7 Å². The van der Waals surface area contributed by atoms with E-state index in [-0.39, 0.29) is 0 Å². The van der Waals surface area contributed by atoms with Crippen LogP contribution >= 0.6 is 27.5 Å². The quantitative estimate of drug-likeness (QED) is 0.779. The maximum Gasteiger partial charge on any atom is 0.137 e. The average Bonchev–Trinajstić information content (AvgIpc) is 2.81. The Morgan fingerprint density at radius 2 is 2.20 bits per heavy atom. The van der Waals surface area contributed by atoms with Crippen LogP contribution in [0.15, 0.2) is 16.6 Å². The van der Waals surface area contributed by atoms with Crippen LogP contribution < -0.4 is 10.1 Å².